The van der Waals surface area contributed by atoms with Gasteiger partial charge in [-0.2, -0.15) is 31.4 Å². The number of alkyl halides is 6. The Morgan fingerprint density at radius 2 is 1.62 bits per heavy atom. The first-order valence-corrected chi connectivity index (χ1v) is 15.2. The van der Waals surface area contributed by atoms with Crippen molar-refractivity contribution < 1.29 is 65.1 Å². The SMILES string of the molecule is COc1ccc2c(c1)CC(C(=O)Nc1ccc(-c3cn[nH]c3)cc1OCCN(C)Cc1ccccc1)CO2.O=C(O)C(F)(F)F.O=C(O)C(F)(F)F. The minimum atomic E-state index is -5.08. The number of rotatable bonds is 10. The number of amides is 1. The van der Waals surface area contributed by atoms with E-state index in [0.717, 1.165) is 41.3 Å². The van der Waals surface area contributed by atoms with Crippen LogP contribution in [0.4, 0.5) is 32.0 Å². The standard InChI is InChI=1S/C30H32N4O4.2C2HF3O2/c1-34(19-21-6-4-3-5-7-21)12-13-37-29-16-22(25-17-31-32-18-25)8-10-27(29)33-30(35)24-14-23-15-26(36-2)9-11-28(23)38-20-24;2*3-2(4,5)1(6)7/h3-11,15-18,24H,12-14,19-20H2,1-2H3,(H,31,32)(H,33,35);2*(H,6,7). The van der Waals surface area contributed by atoms with Gasteiger partial charge >= 0.3 is 24.3 Å². The summed E-state index contributed by atoms with van der Waals surface area (Å²) < 4.78 is 80.9. The van der Waals surface area contributed by atoms with Gasteiger partial charge in [-0.15, -0.1) is 0 Å². The molecule has 52 heavy (non-hydrogen) atoms. The molecule has 4 aromatic rings. The van der Waals surface area contributed by atoms with E-state index in [1.54, 1.807) is 13.3 Å². The Balaban J connectivity index is 0.000000441. The maximum atomic E-state index is 13.3. The summed E-state index contributed by atoms with van der Waals surface area (Å²) in [6, 6.07) is 21.8. The summed E-state index contributed by atoms with van der Waals surface area (Å²) in [6.45, 7) is 2.35. The maximum absolute atomic E-state index is 13.3. The molecule has 0 radical (unpaired) electrons. The molecule has 1 unspecified atom stereocenters. The molecule has 280 valence electrons. The fourth-order valence-corrected chi connectivity index (χ4v) is 4.52. The van der Waals surface area contributed by atoms with Gasteiger partial charge in [-0.3, -0.25) is 14.8 Å². The molecule has 0 saturated carbocycles. The van der Waals surface area contributed by atoms with Crippen LogP contribution in [-0.2, 0) is 27.3 Å². The number of nitrogens with zero attached hydrogens (tertiary/aromatic N) is 2. The number of anilines is 1. The lowest BCUT2D eigenvalue weighted by atomic mass is 9.95. The lowest BCUT2D eigenvalue weighted by molar-refractivity contribution is -0.193. The molecule has 18 heteroatoms. The third kappa shape index (κ3) is 12.8. The molecule has 0 fully saturated rings. The molecule has 0 aliphatic carbocycles. The number of hydrogen-bond donors (Lipinski definition) is 4. The molecule has 1 aliphatic rings. The minimum Gasteiger partial charge on any atom is -0.497 e. The number of hydrogen-bond acceptors (Lipinski definition) is 8. The highest BCUT2D eigenvalue weighted by molar-refractivity contribution is 5.95. The number of carbonyl (C=O) groups excluding carboxylic acids is 1. The number of aliphatic carboxylic acids is 2. The highest BCUT2D eigenvalue weighted by atomic mass is 19.4. The zero-order chi connectivity index (χ0) is 38.5. The number of carboxylic acid groups (broad SMARTS) is 2. The summed E-state index contributed by atoms with van der Waals surface area (Å²) in [5.41, 5.74) is 4.73. The van der Waals surface area contributed by atoms with Crippen LogP contribution in [0.1, 0.15) is 11.1 Å². The average molecular weight is 741 g/mol. The van der Waals surface area contributed by atoms with Crippen LogP contribution in [-0.4, -0.2) is 89.4 Å². The summed E-state index contributed by atoms with van der Waals surface area (Å²) in [6.07, 6.45) is -6.00. The number of aromatic nitrogens is 2. The van der Waals surface area contributed by atoms with Crippen molar-refractivity contribution in [1.82, 2.24) is 15.1 Å². The largest absolute Gasteiger partial charge is 0.497 e. The third-order valence-electron chi connectivity index (χ3n) is 7.13. The van der Waals surface area contributed by atoms with Crippen LogP contribution >= 0.6 is 0 Å². The fraction of sp³-hybridized carbons (Fsp3) is 0.294. The second kappa shape index (κ2) is 18.5. The van der Waals surface area contributed by atoms with E-state index in [0.29, 0.717) is 31.1 Å². The molecule has 2 heterocycles. The number of carbonyl (C=O) groups is 3. The van der Waals surface area contributed by atoms with E-state index in [4.69, 9.17) is 34.0 Å². The Morgan fingerprint density at radius 1 is 0.962 bits per heavy atom. The van der Waals surface area contributed by atoms with E-state index in [2.05, 4.69) is 39.6 Å². The summed E-state index contributed by atoms with van der Waals surface area (Å²) in [7, 11) is 3.70. The number of halogens is 6. The smallest absolute Gasteiger partial charge is 0.490 e. The number of fused-ring (bicyclic) bond motifs is 1. The maximum Gasteiger partial charge on any atom is 0.490 e. The number of methoxy groups -OCH3 is 1. The van der Waals surface area contributed by atoms with E-state index in [-0.39, 0.29) is 11.8 Å². The zero-order valence-electron chi connectivity index (χ0n) is 27.6. The van der Waals surface area contributed by atoms with Gasteiger partial charge in [0.05, 0.1) is 24.9 Å². The molecule has 4 N–H and O–H groups in total. The molecule has 1 aliphatic heterocycles. The number of benzene rings is 3. The first-order valence-electron chi connectivity index (χ1n) is 15.2. The topological polar surface area (TPSA) is 163 Å². The van der Waals surface area contributed by atoms with Crippen molar-refractivity contribution in [3.05, 3.63) is 90.3 Å². The number of H-pyrrole nitrogens is 1. The van der Waals surface area contributed by atoms with Crippen LogP contribution in [0, 0.1) is 5.92 Å². The predicted octanol–water partition coefficient (Wildman–Crippen LogP) is 6.05. The van der Waals surface area contributed by atoms with Gasteiger partial charge in [-0.05, 0) is 60.5 Å². The lowest BCUT2D eigenvalue weighted by Crippen LogP contribution is -2.32. The molecule has 0 bridgehead atoms. The molecule has 1 aromatic heterocycles. The molecular weight excluding hydrogens is 706 g/mol. The molecule has 0 saturated heterocycles. The van der Waals surface area contributed by atoms with Gasteiger partial charge in [0, 0.05) is 24.8 Å². The van der Waals surface area contributed by atoms with Crippen molar-refractivity contribution in [1.29, 1.82) is 0 Å². The Kier molecular flexibility index (Phi) is 14.4. The van der Waals surface area contributed by atoms with Gasteiger partial charge in [0.2, 0.25) is 5.91 Å². The molecule has 5 rings (SSSR count). The molecular formula is C34H34F6N4O8. The third-order valence-corrected chi connectivity index (χ3v) is 7.13. The predicted molar refractivity (Wildman–Crippen MR) is 174 cm³/mol. The number of ether oxygens (including phenoxy) is 3. The van der Waals surface area contributed by atoms with Crippen LogP contribution < -0.4 is 19.5 Å². The van der Waals surface area contributed by atoms with Crippen LogP contribution in [0.2, 0.25) is 0 Å². The van der Waals surface area contributed by atoms with Gasteiger partial charge < -0.3 is 29.7 Å². The average Bonchev–Trinajstić information content (AvgIpc) is 3.64. The highest BCUT2D eigenvalue weighted by Crippen LogP contribution is 2.34. The highest BCUT2D eigenvalue weighted by Gasteiger charge is 2.39. The first kappa shape index (κ1) is 40.6. The fourth-order valence-electron chi connectivity index (χ4n) is 4.52. The normalized spacial score (nSPS) is 13.6. The van der Waals surface area contributed by atoms with Crippen molar-refractivity contribution >= 4 is 23.5 Å². The monoisotopic (exact) mass is 740 g/mol. The second-order valence-electron chi connectivity index (χ2n) is 11.1. The summed E-state index contributed by atoms with van der Waals surface area (Å²) in [4.78, 5) is 33.3. The van der Waals surface area contributed by atoms with E-state index in [1.165, 1.54) is 5.56 Å². The molecule has 1 amide bonds. The van der Waals surface area contributed by atoms with Crippen LogP contribution in [0.25, 0.3) is 11.1 Å². The van der Waals surface area contributed by atoms with E-state index >= 15 is 0 Å². The number of nitrogens with one attached hydrogen (secondary N) is 2. The Labute approximate surface area is 292 Å². The summed E-state index contributed by atoms with van der Waals surface area (Å²) in [5.74, 6) is -3.79. The minimum absolute atomic E-state index is 0.111. The number of likely N-dealkylation sites (N-methyl/N-ethyl adjacent to an activating group) is 1. The van der Waals surface area contributed by atoms with Crippen molar-refractivity contribution in [3.8, 4) is 28.4 Å². The Morgan fingerprint density at radius 3 is 2.19 bits per heavy atom. The van der Waals surface area contributed by atoms with Crippen molar-refractivity contribution in [3.63, 3.8) is 0 Å². The first-order chi connectivity index (χ1) is 24.5. The Bertz CT molecular complexity index is 1750. The zero-order valence-corrected chi connectivity index (χ0v) is 27.6. The van der Waals surface area contributed by atoms with Gasteiger partial charge in [0.25, 0.3) is 0 Å². The van der Waals surface area contributed by atoms with Gasteiger partial charge in [0.1, 0.15) is 30.5 Å². The van der Waals surface area contributed by atoms with Crippen LogP contribution in [0.3, 0.4) is 0 Å². The van der Waals surface area contributed by atoms with Gasteiger partial charge in [-0.1, -0.05) is 36.4 Å². The number of aromatic amines is 1. The lowest BCUT2D eigenvalue weighted by Gasteiger charge is -2.25. The molecule has 12 nitrogen and oxygen atoms in total. The van der Waals surface area contributed by atoms with E-state index in [1.807, 2.05) is 60.8 Å². The van der Waals surface area contributed by atoms with E-state index < -0.39 is 24.3 Å². The molecule has 0 spiro atoms. The molecule has 1 atom stereocenters. The second-order valence-corrected chi connectivity index (χ2v) is 11.1. The van der Waals surface area contributed by atoms with Gasteiger partial charge in [0.15, 0.2) is 0 Å². The van der Waals surface area contributed by atoms with Crippen molar-refractivity contribution in [2.45, 2.75) is 25.3 Å². The summed E-state index contributed by atoms with van der Waals surface area (Å²) >= 11 is 0. The van der Waals surface area contributed by atoms with Crippen molar-refractivity contribution in [2.24, 2.45) is 5.92 Å². The quantitative estimate of drug-likeness (QED) is 0.141. The van der Waals surface area contributed by atoms with Crippen LogP contribution in [0.5, 0.6) is 17.2 Å². The van der Waals surface area contributed by atoms with Gasteiger partial charge in [-0.25, -0.2) is 9.59 Å². The summed E-state index contributed by atoms with van der Waals surface area (Å²) in [5, 5.41) is 24.2. The van der Waals surface area contributed by atoms with Crippen molar-refractivity contribution in [2.75, 3.05) is 39.2 Å². The number of carboxylic acids is 2. The van der Waals surface area contributed by atoms with E-state index in [9.17, 15) is 31.1 Å². The molecule has 3 aromatic carbocycles. The Hall–Kier alpha value is -5.78. The van der Waals surface area contributed by atoms with Crippen LogP contribution in [0.15, 0.2) is 79.1 Å².